The van der Waals surface area contributed by atoms with Crippen molar-refractivity contribution < 1.29 is 9.84 Å². The number of aromatic hydroxyl groups is 1. The molecule has 1 aromatic rings. The van der Waals surface area contributed by atoms with Gasteiger partial charge in [0, 0.05) is 37.3 Å². The Balaban J connectivity index is 1.72. The number of nitrogens with zero attached hydrogens (tertiary/aromatic N) is 1. The summed E-state index contributed by atoms with van der Waals surface area (Å²) in [7, 11) is 3.77. The van der Waals surface area contributed by atoms with E-state index < -0.39 is 0 Å². The van der Waals surface area contributed by atoms with E-state index in [-0.39, 0.29) is 5.75 Å². The fraction of sp³-hybridized carbons (Fsp3) is 0.571. The van der Waals surface area contributed by atoms with Crippen LogP contribution in [0.15, 0.2) is 18.2 Å². The zero-order valence-corrected chi connectivity index (χ0v) is 11.1. The molecule has 1 aliphatic rings. The molecular formula is C14H22N2O2. The van der Waals surface area contributed by atoms with Gasteiger partial charge in [-0.15, -0.1) is 0 Å². The summed E-state index contributed by atoms with van der Waals surface area (Å²) in [6.07, 6.45) is 2.69. The maximum absolute atomic E-state index is 9.80. The molecule has 0 atom stereocenters. The molecule has 0 saturated heterocycles. The van der Waals surface area contributed by atoms with Gasteiger partial charge in [0.2, 0.25) is 0 Å². The summed E-state index contributed by atoms with van der Waals surface area (Å²) in [6, 6.07) is 6.22. The maximum Gasteiger partial charge on any atom is 0.123 e. The van der Waals surface area contributed by atoms with Crippen molar-refractivity contribution in [1.82, 2.24) is 10.2 Å². The number of phenolic OH excluding ortho intramolecular Hbond substituents is 1. The summed E-state index contributed by atoms with van der Waals surface area (Å²) in [5.41, 5.74) is 0.907. The SMILES string of the molecule is COc1ccc(CNCCN(C)C2CC2)c(O)c1. The molecule has 0 radical (unpaired) electrons. The summed E-state index contributed by atoms with van der Waals surface area (Å²) >= 11 is 0. The molecule has 18 heavy (non-hydrogen) atoms. The van der Waals surface area contributed by atoms with Gasteiger partial charge in [0.1, 0.15) is 11.5 Å². The first-order chi connectivity index (χ1) is 8.70. The molecule has 1 saturated carbocycles. The Kier molecular flexibility index (Phi) is 4.44. The van der Waals surface area contributed by atoms with Crippen LogP contribution in [0.1, 0.15) is 18.4 Å². The molecule has 0 aliphatic heterocycles. The van der Waals surface area contributed by atoms with Crippen molar-refractivity contribution in [2.24, 2.45) is 0 Å². The van der Waals surface area contributed by atoms with Crippen molar-refractivity contribution in [2.75, 3.05) is 27.2 Å². The van der Waals surface area contributed by atoms with E-state index in [4.69, 9.17) is 4.74 Å². The minimum atomic E-state index is 0.289. The Hall–Kier alpha value is -1.26. The van der Waals surface area contributed by atoms with Crippen LogP contribution in [-0.4, -0.2) is 43.3 Å². The van der Waals surface area contributed by atoms with Crippen LogP contribution >= 0.6 is 0 Å². The number of rotatable bonds is 7. The third kappa shape index (κ3) is 3.62. The summed E-state index contributed by atoms with van der Waals surface area (Å²) in [5, 5.41) is 13.1. The molecule has 100 valence electrons. The third-order valence-electron chi connectivity index (χ3n) is 3.42. The number of nitrogens with one attached hydrogen (secondary N) is 1. The molecule has 0 bridgehead atoms. The van der Waals surface area contributed by atoms with Crippen molar-refractivity contribution in [3.63, 3.8) is 0 Å². The molecule has 2 rings (SSSR count). The van der Waals surface area contributed by atoms with Gasteiger partial charge >= 0.3 is 0 Å². The Morgan fingerprint density at radius 1 is 1.44 bits per heavy atom. The number of hydrogen-bond donors (Lipinski definition) is 2. The summed E-state index contributed by atoms with van der Waals surface area (Å²) in [6.45, 7) is 2.69. The highest BCUT2D eigenvalue weighted by Gasteiger charge is 2.25. The fourth-order valence-electron chi connectivity index (χ4n) is 2.00. The van der Waals surface area contributed by atoms with Gasteiger partial charge in [0.05, 0.1) is 7.11 Å². The molecule has 0 heterocycles. The number of methoxy groups -OCH3 is 1. The van der Waals surface area contributed by atoms with Gasteiger partial charge in [0.15, 0.2) is 0 Å². The van der Waals surface area contributed by atoms with E-state index >= 15 is 0 Å². The van der Waals surface area contributed by atoms with Gasteiger partial charge in [-0.2, -0.15) is 0 Å². The van der Waals surface area contributed by atoms with Gasteiger partial charge in [-0.1, -0.05) is 6.07 Å². The summed E-state index contributed by atoms with van der Waals surface area (Å²) < 4.78 is 5.05. The molecule has 1 aliphatic carbocycles. The average Bonchev–Trinajstić information content (AvgIpc) is 3.20. The van der Waals surface area contributed by atoms with Crippen LogP contribution in [0.25, 0.3) is 0 Å². The lowest BCUT2D eigenvalue weighted by Gasteiger charge is -2.16. The monoisotopic (exact) mass is 250 g/mol. The van der Waals surface area contributed by atoms with Crippen LogP contribution in [0.5, 0.6) is 11.5 Å². The molecule has 0 aromatic heterocycles. The number of phenols is 1. The first-order valence-corrected chi connectivity index (χ1v) is 6.47. The van der Waals surface area contributed by atoms with E-state index in [0.717, 1.165) is 24.7 Å². The first-order valence-electron chi connectivity index (χ1n) is 6.47. The van der Waals surface area contributed by atoms with Gasteiger partial charge < -0.3 is 20.1 Å². The molecule has 0 amide bonds. The number of ether oxygens (including phenoxy) is 1. The van der Waals surface area contributed by atoms with E-state index in [9.17, 15) is 5.11 Å². The highest BCUT2D eigenvalue weighted by Crippen LogP contribution is 2.25. The van der Waals surface area contributed by atoms with E-state index in [1.807, 2.05) is 12.1 Å². The van der Waals surface area contributed by atoms with Crippen molar-refractivity contribution >= 4 is 0 Å². The maximum atomic E-state index is 9.80. The molecule has 1 aromatic carbocycles. The van der Waals surface area contributed by atoms with Crippen molar-refractivity contribution in [3.8, 4) is 11.5 Å². The summed E-state index contributed by atoms with van der Waals surface area (Å²) in [5.74, 6) is 0.974. The third-order valence-corrected chi connectivity index (χ3v) is 3.42. The average molecular weight is 250 g/mol. The quantitative estimate of drug-likeness (QED) is 0.721. The highest BCUT2D eigenvalue weighted by atomic mass is 16.5. The van der Waals surface area contributed by atoms with Crippen molar-refractivity contribution in [1.29, 1.82) is 0 Å². The summed E-state index contributed by atoms with van der Waals surface area (Å²) in [4.78, 5) is 2.39. The lowest BCUT2D eigenvalue weighted by Crippen LogP contribution is -2.30. The van der Waals surface area contributed by atoms with E-state index in [0.29, 0.717) is 12.3 Å². The number of likely N-dealkylation sites (N-methyl/N-ethyl adjacent to an activating group) is 1. The zero-order chi connectivity index (χ0) is 13.0. The largest absolute Gasteiger partial charge is 0.507 e. The predicted octanol–water partition coefficient (Wildman–Crippen LogP) is 1.58. The van der Waals surface area contributed by atoms with Crippen LogP contribution in [-0.2, 0) is 6.54 Å². The normalized spacial score (nSPS) is 15.1. The second-order valence-corrected chi connectivity index (χ2v) is 4.88. The Labute approximate surface area is 109 Å². The Morgan fingerprint density at radius 3 is 2.83 bits per heavy atom. The molecule has 0 unspecified atom stereocenters. The molecule has 4 nitrogen and oxygen atoms in total. The second kappa shape index (κ2) is 6.07. The van der Waals surface area contributed by atoms with Crippen molar-refractivity contribution in [3.05, 3.63) is 23.8 Å². The molecular weight excluding hydrogens is 228 g/mol. The topological polar surface area (TPSA) is 44.7 Å². The van der Waals surface area contributed by atoms with E-state index in [2.05, 4.69) is 17.3 Å². The van der Waals surface area contributed by atoms with Crippen LogP contribution < -0.4 is 10.1 Å². The van der Waals surface area contributed by atoms with Crippen LogP contribution in [0.3, 0.4) is 0 Å². The smallest absolute Gasteiger partial charge is 0.123 e. The molecule has 4 heteroatoms. The fourth-order valence-corrected chi connectivity index (χ4v) is 2.00. The minimum Gasteiger partial charge on any atom is -0.507 e. The lowest BCUT2D eigenvalue weighted by molar-refractivity contribution is 0.321. The van der Waals surface area contributed by atoms with Crippen LogP contribution in [0.4, 0.5) is 0 Å². The highest BCUT2D eigenvalue weighted by molar-refractivity contribution is 5.39. The zero-order valence-electron chi connectivity index (χ0n) is 11.1. The van der Waals surface area contributed by atoms with Gasteiger partial charge in [0.25, 0.3) is 0 Å². The van der Waals surface area contributed by atoms with E-state index in [1.54, 1.807) is 13.2 Å². The van der Waals surface area contributed by atoms with Gasteiger partial charge in [-0.05, 0) is 26.0 Å². The van der Waals surface area contributed by atoms with Crippen LogP contribution in [0, 0.1) is 0 Å². The van der Waals surface area contributed by atoms with E-state index in [1.165, 1.54) is 12.8 Å². The first kappa shape index (κ1) is 13.2. The Bertz CT molecular complexity index is 391. The van der Waals surface area contributed by atoms with Crippen molar-refractivity contribution in [2.45, 2.75) is 25.4 Å². The van der Waals surface area contributed by atoms with Gasteiger partial charge in [-0.3, -0.25) is 0 Å². The standard InChI is InChI=1S/C14H22N2O2/c1-16(12-4-5-12)8-7-15-10-11-3-6-13(18-2)9-14(11)17/h3,6,9,12,15,17H,4-5,7-8,10H2,1-2H3. The number of hydrogen-bond acceptors (Lipinski definition) is 4. The molecule has 1 fully saturated rings. The second-order valence-electron chi connectivity index (χ2n) is 4.88. The minimum absolute atomic E-state index is 0.289. The molecule has 2 N–H and O–H groups in total. The predicted molar refractivity (Wildman–Crippen MR) is 72.0 cm³/mol. The lowest BCUT2D eigenvalue weighted by atomic mass is 10.2. The Morgan fingerprint density at radius 2 is 2.22 bits per heavy atom. The number of benzene rings is 1. The molecule has 0 spiro atoms. The van der Waals surface area contributed by atoms with Crippen LogP contribution in [0.2, 0.25) is 0 Å². The van der Waals surface area contributed by atoms with Gasteiger partial charge in [-0.25, -0.2) is 0 Å².